The lowest BCUT2D eigenvalue weighted by Gasteiger charge is -2.11. The Morgan fingerprint density at radius 1 is 0.295 bits per heavy atom. The molecule has 12 aromatic rings. The molecular formula is C94H62N14O2S2. The van der Waals surface area contributed by atoms with E-state index >= 15 is 0 Å². The number of nitrogens with one attached hydrogen (secondary N) is 6. The number of aromatic amines is 6. The molecule has 0 saturated heterocycles. The monoisotopic (exact) mass is 1480 g/mol. The van der Waals surface area contributed by atoms with E-state index in [1.807, 2.05) is 180 Å². The minimum Gasteiger partial charge on any atom is -0.378 e. The van der Waals surface area contributed by atoms with Gasteiger partial charge < -0.3 is 34.8 Å². The molecule has 11 aromatic heterocycles. The van der Waals surface area contributed by atoms with Crippen molar-refractivity contribution in [2.24, 2.45) is 0 Å². The second kappa shape index (κ2) is 28.3. The van der Waals surface area contributed by atoms with Crippen molar-refractivity contribution in [2.75, 3.05) is 19.0 Å². The fourth-order valence-electron chi connectivity index (χ4n) is 13.8. The van der Waals surface area contributed by atoms with E-state index in [1.54, 1.807) is 6.07 Å². The van der Waals surface area contributed by atoms with Gasteiger partial charge >= 0.3 is 5.00 Å². The Kier molecular flexibility index (Phi) is 17.4. The summed E-state index contributed by atoms with van der Waals surface area (Å²) < 4.78 is 0. The van der Waals surface area contributed by atoms with Crippen molar-refractivity contribution in [3.8, 4) is 80.8 Å². The Balaban J connectivity index is 0.694. The van der Waals surface area contributed by atoms with Crippen LogP contribution in [0.5, 0.6) is 0 Å². The molecule has 16 nitrogen and oxygen atoms in total. The van der Waals surface area contributed by atoms with Gasteiger partial charge in [-0.1, -0.05) is 35.0 Å². The molecule has 18 rings (SSSR count). The molecule has 17 heterocycles. The number of H-pyrrole nitrogens is 6. The number of thiophene rings is 2. The van der Waals surface area contributed by atoms with Crippen molar-refractivity contribution < 1.29 is 4.92 Å². The fourth-order valence-corrected chi connectivity index (χ4v) is 15.6. The molecule has 532 valence electrons. The van der Waals surface area contributed by atoms with Crippen LogP contribution in [0.2, 0.25) is 0 Å². The van der Waals surface area contributed by atoms with Gasteiger partial charge in [-0.25, -0.2) is 29.9 Å². The minimum atomic E-state index is -0.365. The highest BCUT2D eigenvalue weighted by Gasteiger charge is 2.20. The summed E-state index contributed by atoms with van der Waals surface area (Å²) in [6.45, 7) is 12.3. The van der Waals surface area contributed by atoms with Crippen LogP contribution in [0.15, 0.2) is 121 Å². The number of hydrogen-bond acceptors (Lipinski definition) is 11. The summed E-state index contributed by atoms with van der Waals surface area (Å²) in [5.74, 6) is 40.4. The van der Waals surface area contributed by atoms with Crippen LogP contribution in [0, 0.1) is 123 Å². The van der Waals surface area contributed by atoms with Gasteiger partial charge in [-0.2, -0.15) is 0 Å². The summed E-state index contributed by atoms with van der Waals surface area (Å²) in [7, 11) is 4.05. The van der Waals surface area contributed by atoms with Gasteiger partial charge in [0.05, 0.1) is 149 Å². The molecule has 24 bridgehead atoms. The first-order valence-electron chi connectivity index (χ1n) is 36.0. The molecule has 18 heteroatoms. The van der Waals surface area contributed by atoms with E-state index in [1.165, 1.54) is 17.4 Å². The molecule has 6 aliphatic rings. The second-order valence-corrected chi connectivity index (χ2v) is 29.7. The molecule has 0 spiro atoms. The number of fused-ring (bicyclic) bond motifs is 24. The van der Waals surface area contributed by atoms with Crippen molar-refractivity contribution in [1.82, 2.24) is 59.8 Å². The van der Waals surface area contributed by atoms with E-state index in [2.05, 4.69) is 164 Å². The summed E-state index contributed by atoms with van der Waals surface area (Å²) in [4.78, 5) is 68.9. The van der Waals surface area contributed by atoms with E-state index in [9.17, 15) is 10.1 Å². The van der Waals surface area contributed by atoms with Crippen LogP contribution in [0.25, 0.3) is 149 Å². The van der Waals surface area contributed by atoms with E-state index in [4.69, 9.17) is 29.9 Å². The molecule has 0 amide bonds. The summed E-state index contributed by atoms with van der Waals surface area (Å²) >= 11 is 2.64. The molecule has 6 N–H and O–H groups in total. The number of nitrogens with zero attached hydrogens (tertiary/aromatic N) is 8. The van der Waals surface area contributed by atoms with Crippen molar-refractivity contribution in [3.63, 3.8) is 0 Å². The predicted molar refractivity (Wildman–Crippen MR) is 460 cm³/mol. The van der Waals surface area contributed by atoms with E-state index in [0.717, 1.165) is 188 Å². The van der Waals surface area contributed by atoms with Gasteiger partial charge in [0.1, 0.15) is 0 Å². The predicted octanol–water partition coefficient (Wildman–Crippen LogP) is 19.8. The third-order valence-corrected chi connectivity index (χ3v) is 22.6. The standard InChI is InChI=1S/C94H62N14O2S2/c1-53-68-26-38-80(95-68)62(13-9-11-15-64-84-42-30-72(99-84)55(3)76-34-46-88(103-76)66(24-19-59-17-20-60(21-18-59)107(7)8)89-47-35-77(104-89)56(4)73-31-43-85(64)100-73)81-39-27-69(96-81)54(2)71-29-41-83(98-71)63(82-40-28-70(53)97-82)14-10-12-16-65-86-44-32-74(101-86)57(5)78-36-48-90(105-78)67(91-49-37-79(106-91)58(6)75-33-45-87(65)102-75)25-22-61-23-50-92(111-61)93-51-52-94(112-93)108(109)110/h17-18,20-21,23,26-52,95,98-99,101,104,106H,1-8H3. The van der Waals surface area contributed by atoms with Crippen LogP contribution < -0.4 is 4.90 Å². The van der Waals surface area contributed by atoms with Gasteiger partial charge in [-0.15, -0.1) is 11.3 Å². The Morgan fingerprint density at radius 2 is 0.554 bits per heavy atom. The van der Waals surface area contributed by atoms with Gasteiger partial charge in [0.15, 0.2) is 0 Å². The average molecular weight is 1480 g/mol. The molecule has 1 aromatic carbocycles. The topological polar surface area (TPSA) is 218 Å². The van der Waals surface area contributed by atoms with Crippen molar-refractivity contribution in [2.45, 2.75) is 41.5 Å². The molecule has 0 radical (unpaired) electrons. The first-order valence-corrected chi connectivity index (χ1v) is 37.7. The molecular weight excluding hydrogens is 1420 g/mol. The lowest BCUT2D eigenvalue weighted by atomic mass is 10.1. The number of hydrogen-bond donors (Lipinski definition) is 6. The summed E-state index contributed by atoms with van der Waals surface area (Å²) in [5, 5.41) is 11.5. The Labute approximate surface area is 651 Å². The zero-order chi connectivity index (χ0) is 76.4. The summed E-state index contributed by atoms with van der Waals surface area (Å²) in [6, 6.07) is 39.9. The van der Waals surface area contributed by atoms with Crippen LogP contribution >= 0.6 is 22.7 Å². The first kappa shape index (κ1) is 68.8. The van der Waals surface area contributed by atoms with Crippen LogP contribution in [-0.2, 0) is 0 Å². The average Bonchev–Trinajstić information content (AvgIpc) is 1.65. The zero-order valence-corrected chi connectivity index (χ0v) is 63.3. The Bertz CT molecular complexity index is 7390. The Morgan fingerprint density at radius 3 is 0.839 bits per heavy atom. The molecule has 6 aliphatic heterocycles. The molecule has 0 atom stereocenters. The fraction of sp³-hybridized carbons (Fsp3) is 0.0851. The third-order valence-electron chi connectivity index (χ3n) is 20.4. The molecule has 0 unspecified atom stereocenters. The minimum absolute atomic E-state index is 0.100. The lowest BCUT2D eigenvalue weighted by molar-refractivity contribution is -0.380. The highest BCUT2D eigenvalue weighted by atomic mass is 32.1. The van der Waals surface area contributed by atoms with Crippen LogP contribution in [0.3, 0.4) is 0 Å². The maximum absolute atomic E-state index is 11.4. The second-order valence-electron chi connectivity index (χ2n) is 27.5. The number of aromatic nitrogens is 12. The lowest BCUT2D eigenvalue weighted by Crippen LogP contribution is -2.07. The van der Waals surface area contributed by atoms with Crippen LogP contribution in [0.1, 0.15) is 146 Å². The number of benzene rings is 1. The van der Waals surface area contributed by atoms with E-state index in [0.29, 0.717) is 50.7 Å². The van der Waals surface area contributed by atoms with E-state index < -0.39 is 0 Å². The van der Waals surface area contributed by atoms with E-state index in [-0.39, 0.29) is 9.92 Å². The van der Waals surface area contributed by atoms with Gasteiger partial charge in [-0.05, 0) is 310 Å². The van der Waals surface area contributed by atoms with Crippen LogP contribution in [-0.4, -0.2) is 78.8 Å². The number of aryl methyl sites for hydroxylation is 6. The SMILES string of the molecule is Cc1c2nc(c(C#CC#Cc3c4nc(c(C)c5ccc([nH]5)c(C#Cc5ccc(-c6ccc([N+](=O)[O-])s6)s5)c5nc(c(C)c6ccc3[nH]6)C=C5)C=C4)c3ccc([nH]3)c(C)c3nc(c(C#CC#Cc4c5nc(c(C)c6ccc([nH]6)c(C#Cc6ccc(N(C)C)cc6)c6nc(c(C)c7ccc4[nH]7)C=C6)C=C5)c4ccc1[nH]4)C=C3)C=C2. The molecule has 0 aliphatic carbocycles. The normalized spacial score (nSPS) is 11.9. The number of rotatable bonds is 3. The smallest absolute Gasteiger partial charge is 0.324 e. The first-order chi connectivity index (χ1) is 54.5. The van der Waals surface area contributed by atoms with Gasteiger partial charge in [0.2, 0.25) is 0 Å². The molecule has 112 heavy (non-hydrogen) atoms. The highest BCUT2D eigenvalue weighted by molar-refractivity contribution is 7.24. The summed E-state index contributed by atoms with van der Waals surface area (Å²) in [5.41, 5.74) is 30.8. The van der Waals surface area contributed by atoms with Crippen molar-refractivity contribution >= 4 is 172 Å². The largest absolute Gasteiger partial charge is 0.378 e. The summed E-state index contributed by atoms with van der Waals surface area (Å²) in [6.07, 6.45) is 24.1. The van der Waals surface area contributed by atoms with Gasteiger partial charge in [0.25, 0.3) is 0 Å². The zero-order valence-electron chi connectivity index (χ0n) is 61.7. The molecule has 0 fully saturated rings. The van der Waals surface area contributed by atoms with Gasteiger partial charge in [0, 0.05) is 69.4 Å². The maximum Gasteiger partial charge on any atom is 0.324 e. The highest BCUT2D eigenvalue weighted by Crippen LogP contribution is 2.38. The Hall–Kier alpha value is -15.0. The van der Waals surface area contributed by atoms with Gasteiger partial charge in [-0.3, -0.25) is 10.1 Å². The number of nitro groups is 1. The maximum atomic E-state index is 11.4. The van der Waals surface area contributed by atoms with Crippen molar-refractivity contribution in [3.05, 3.63) is 277 Å². The quantitative estimate of drug-likeness (QED) is 0.0562. The third kappa shape index (κ3) is 13.1. The van der Waals surface area contributed by atoms with Crippen LogP contribution in [0.4, 0.5) is 10.7 Å². The molecule has 0 saturated carbocycles. The number of anilines is 1. The van der Waals surface area contributed by atoms with Crippen molar-refractivity contribution in [1.29, 1.82) is 0 Å².